The molecule has 0 bridgehead atoms. The maximum absolute atomic E-state index is 11.8. The van der Waals surface area contributed by atoms with Crippen molar-refractivity contribution in [3.8, 4) is 11.5 Å². The van der Waals surface area contributed by atoms with Gasteiger partial charge in [0.25, 0.3) is 0 Å². The number of amidine groups is 1. The first-order chi connectivity index (χ1) is 10.6. The number of carbonyl (C=O) groups is 1. The first kappa shape index (κ1) is 16.1. The van der Waals surface area contributed by atoms with Crippen LogP contribution in [-0.4, -0.2) is 51.1 Å². The smallest absolute Gasteiger partial charge is 0.342 e. The highest BCUT2D eigenvalue weighted by Crippen LogP contribution is 2.27. The summed E-state index contributed by atoms with van der Waals surface area (Å²) < 4.78 is 10.5. The van der Waals surface area contributed by atoms with Crippen LogP contribution in [0.5, 0.6) is 11.5 Å². The van der Waals surface area contributed by atoms with Gasteiger partial charge in [-0.05, 0) is 30.5 Å². The Morgan fingerprint density at radius 2 is 2.09 bits per heavy atom. The van der Waals surface area contributed by atoms with Gasteiger partial charge >= 0.3 is 6.03 Å². The molecule has 0 aliphatic carbocycles. The number of benzene rings is 1. The molecule has 0 spiro atoms. The van der Waals surface area contributed by atoms with Gasteiger partial charge in [0, 0.05) is 26.6 Å². The van der Waals surface area contributed by atoms with E-state index < -0.39 is 0 Å². The summed E-state index contributed by atoms with van der Waals surface area (Å²) in [5, 5.41) is 2.82. The molecule has 1 aliphatic heterocycles. The summed E-state index contributed by atoms with van der Waals surface area (Å²) in [6, 6.07) is 5.47. The molecular weight excluding hydrogens is 282 g/mol. The van der Waals surface area contributed by atoms with Gasteiger partial charge in [0.2, 0.25) is 0 Å². The zero-order valence-electron chi connectivity index (χ0n) is 13.4. The number of nitrogens with zero attached hydrogens (tertiary/aromatic N) is 2. The monoisotopic (exact) mass is 305 g/mol. The summed E-state index contributed by atoms with van der Waals surface area (Å²) in [6.45, 7) is 1.51. The van der Waals surface area contributed by atoms with E-state index >= 15 is 0 Å². The largest absolute Gasteiger partial charge is 0.493 e. The molecule has 2 amide bonds. The minimum Gasteiger partial charge on any atom is -0.493 e. The maximum atomic E-state index is 11.8. The highest BCUT2D eigenvalue weighted by atomic mass is 16.5. The number of carbonyl (C=O) groups excluding carboxylic acids is 1. The number of methoxy groups -OCH3 is 2. The molecule has 0 aromatic heterocycles. The summed E-state index contributed by atoms with van der Waals surface area (Å²) in [5.74, 6) is 2.26. The number of likely N-dealkylation sites (tertiary alicyclic amines) is 1. The van der Waals surface area contributed by atoms with Gasteiger partial charge in [-0.15, -0.1) is 0 Å². The third-order valence-electron chi connectivity index (χ3n) is 3.70. The third kappa shape index (κ3) is 4.13. The molecule has 1 aliphatic rings. The second-order valence-corrected chi connectivity index (χ2v) is 5.22. The van der Waals surface area contributed by atoms with E-state index in [1.54, 1.807) is 14.2 Å². The summed E-state index contributed by atoms with van der Waals surface area (Å²) >= 11 is 0. The maximum Gasteiger partial charge on any atom is 0.342 e. The zero-order chi connectivity index (χ0) is 15.9. The third-order valence-corrected chi connectivity index (χ3v) is 3.70. The Labute approximate surface area is 131 Å². The molecule has 0 atom stereocenters. The number of aliphatic imine (C=N–C) groups is 1. The van der Waals surface area contributed by atoms with Gasteiger partial charge in [0.1, 0.15) is 5.84 Å². The van der Waals surface area contributed by atoms with Crippen molar-refractivity contribution in [2.45, 2.75) is 19.3 Å². The zero-order valence-corrected chi connectivity index (χ0v) is 13.4. The normalized spacial score (nSPS) is 16.0. The second kappa shape index (κ2) is 7.68. The van der Waals surface area contributed by atoms with Crippen molar-refractivity contribution in [3.05, 3.63) is 23.8 Å². The molecule has 120 valence electrons. The first-order valence-electron chi connectivity index (χ1n) is 7.41. The van der Waals surface area contributed by atoms with Gasteiger partial charge in [-0.2, -0.15) is 4.99 Å². The van der Waals surface area contributed by atoms with Crippen LogP contribution in [-0.2, 0) is 6.42 Å². The van der Waals surface area contributed by atoms with Crippen molar-refractivity contribution < 1.29 is 14.3 Å². The van der Waals surface area contributed by atoms with E-state index in [2.05, 4.69) is 10.3 Å². The fourth-order valence-electron chi connectivity index (χ4n) is 2.44. The van der Waals surface area contributed by atoms with Gasteiger partial charge in [0.15, 0.2) is 11.5 Å². The molecule has 2 rings (SSSR count). The lowest BCUT2D eigenvalue weighted by molar-refractivity contribution is 0.249. The van der Waals surface area contributed by atoms with Gasteiger partial charge in [0.05, 0.1) is 14.2 Å². The van der Waals surface area contributed by atoms with Crippen LogP contribution in [0.3, 0.4) is 0 Å². The Bertz CT molecular complexity index is 558. The van der Waals surface area contributed by atoms with Crippen molar-refractivity contribution in [3.63, 3.8) is 0 Å². The summed E-state index contributed by atoms with van der Waals surface area (Å²) in [5.41, 5.74) is 1.07. The lowest BCUT2D eigenvalue weighted by Crippen LogP contribution is -2.26. The molecule has 6 heteroatoms. The molecule has 1 fully saturated rings. The van der Waals surface area contributed by atoms with Gasteiger partial charge < -0.3 is 19.7 Å². The Kier molecular flexibility index (Phi) is 5.63. The highest BCUT2D eigenvalue weighted by molar-refractivity contribution is 5.94. The Balaban J connectivity index is 1.84. The van der Waals surface area contributed by atoms with E-state index in [1.807, 2.05) is 30.1 Å². The molecule has 1 aromatic rings. The van der Waals surface area contributed by atoms with Crippen LogP contribution in [0.15, 0.2) is 23.2 Å². The van der Waals surface area contributed by atoms with E-state index in [-0.39, 0.29) is 6.03 Å². The van der Waals surface area contributed by atoms with Gasteiger partial charge in [-0.3, -0.25) is 0 Å². The van der Waals surface area contributed by atoms with E-state index in [0.717, 1.165) is 30.8 Å². The van der Waals surface area contributed by atoms with Crippen LogP contribution in [0.1, 0.15) is 18.4 Å². The number of hydrogen-bond acceptors (Lipinski definition) is 3. The van der Waals surface area contributed by atoms with Crippen molar-refractivity contribution >= 4 is 11.9 Å². The number of ether oxygens (including phenoxy) is 2. The second-order valence-electron chi connectivity index (χ2n) is 5.22. The predicted molar refractivity (Wildman–Crippen MR) is 85.9 cm³/mol. The van der Waals surface area contributed by atoms with Crippen molar-refractivity contribution in [2.24, 2.45) is 4.99 Å². The lowest BCUT2D eigenvalue weighted by atomic mass is 10.1. The molecule has 0 saturated carbocycles. The fourth-order valence-corrected chi connectivity index (χ4v) is 2.44. The van der Waals surface area contributed by atoms with Crippen LogP contribution in [0.2, 0.25) is 0 Å². The molecule has 1 heterocycles. The van der Waals surface area contributed by atoms with Crippen LogP contribution in [0.4, 0.5) is 4.79 Å². The van der Waals surface area contributed by atoms with Crippen molar-refractivity contribution in [1.82, 2.24) is 10.2 Å². The van der Waals surface area contributed by atoms with Crippen LogP contribution in [0, 0.1) is 0 Å². The Morgan fingerprint density at radius 1 is 1.32 bits per heavy atom. The number of hydrogen-bond donors (Lipinski definition) is 1. The molecule has 1 N–H and O–H groups in total. The standard InChI is InChI=1S/C16H23N3O3/c1-19-10-4-5-15(19)18-16(20)17-9-8-12-6-7-13(21-2)14(11-12)22-3/h6-7,11H,4-5,8-10H2,1-3H3,(H,17,20). The minimum atomic E-state index is -0.274. The van der Waals surface area contributed by atoms with Crippen molar-refractivity contribution in [2.75, 3.05) is 34.4 Å². The Morgan fingerprint density at radius 3 is 2.73 bits per heavy atom. The van der Waals surface area contributed by atoms with Crippen molar-refractivity contribution in [1.29, 1.82) is 0 Å². The molecule has 22 heavy (non-hydrogen) atoms. The molecule has 1 saturated heterocycles. The van der Waals surface area contributed by atoms with Gasteiger partial charge in [-0.25, -0.2) is 4.79 Å². The van der Waals surface area contributed by atoms with E-state index in [4.69, 9.17) is 9.47 Å². The molecule has 0 radical (unpaired) electrons. The van der Waals surface area contributed by atoms with E-state index in [9.17, 15) is 4.79 Å². The topological polar surface area (TPSA) is 63.2 Å². The summed E-state index contributed by atoms with van der Waals surface area (Å²) in [6.07, 6.45) is 2.65. The predicted octanol–water partition coefficient (Wildman–Crippen LogP) is 2.08. The summed E-state index contributed by atoms with van der Waals surface area (Å²) in [4.78, 5) is 17.9. The number of rotatable bonds is 5. The lowest BCUT2D eigenvalue weighted by Gasteiger charge is -2.11. The highest BCUT2D eigenvalue weighted by Gasteiger charge is 2.15. The average Bonchev–Trinajstić information content (AvgIpc) is 2.92. The average molecular weight is 305 g/mol. The fraction of sp³-hybridized carbons (Fsp3) is 0.500. The number of nitrogens with one attached hydrogen (secondary N) is 1. The minimum absolute atomic E-state index is 0.274. The summed E-state index contributed by atoms with van der Waals surface area (Å²) in [7, 11) is 5.18. The van der Waals surface area contributed by atoms with Crippen LogP contribution < -0.4 is 14.8 Å². The first-order valence-corrected chi connectivity index (χ1v) is 7.41. The molecular formula is C16H23N3O3. The SMILES string of the molecule is COc1ccc(CCNC(=O)N=C2CCCN2C)cc1OC. The van der Waals surface area contributed by atoms with E-state index in [0.29, 0.717) is 24.5 Å². The quantitative estimate of drug-likeness (QED) is 0.904. The van der Waals surface area contributed by atoms with Crippen LogP contribution in [0.25, 0.3) is 0 Å². The van der Waals surface area contributed by atoms with Gasteiger partial charge in [-0.1, -0.05) is 6.07 Å². The number of amides is 2. The van der Waals surface area contributed by atoms with Crippen LogP contribution >= 0.6 is 0 Å². The molecule has 1 aromatic carbocycles. The molecule has 6 nitrogen and oxygen atoms in total. The van der Waals surface area contributed by atoms with E-state index in [1.165, 1.54) is 0 Å². The number of urea groups is 1. The Hall–Kier alpha value is -2.24. The molecule has 0 unspecified atom stereocenters.